The van der Waals surface area contributed by atoms with Gasteiger partial charge in [0.05, 0.1) is 5.92 Å². The minimum Gasteiger partial charge on any atom is -0.457 e. The van der Waals surface area contributed by atoms with Crippen LogP contribution < -0.4 is 4.74 Å². The molecule has 3 heteroatoms. The van der Waals surface area contributed by atoms with E-state index in [4.69, 9.17) is 4.74 Å². The topological polar surface area (TPSA) is 29.5 Å². The Hall–Kier alpha value is -2.29. The van der Waals surface area contributed by atoms with Gasteiger partial charge in [0.2, 0.25) is 5.91 Å². The van der Waals surface area contributed by atoms with Gasteiger partial charge in [-0.25, -0.2) is 0 Å². The minimum absolute atomic E-state index is 0.206. The molecule has 2 aromatic rings. The van der Waals surface area contributed by atoms with E-state index in [1.807, 2.05) is 48.5 Å². The lowest BCUT2D eigenvalue weighted by molar-refractivity contribution is -0.138. The van der Waals surface area contributed by atoms with Gasteiger partial charge in [0.1, 0.15) is 11.5 Å². The first kappa shape index (κ1) is 15.3. The van der Waals surface area contributed by atoms with Gasteiger partial charge in [-0.3, -0.25) is 4.79 Å². The number of para-hydroxylation sites is 2. The van der Waals surface area contributed by atoms with E-state index in [0.29, 0.717) is 12.1 Å². The lowest BCUT2D eigenvalue weighted by Crippen LogP contribution is -2.49. The number of carbonyl (C=O) groups excluding carboxylic acids is 1. The third kappa shape index (κ3) is 2.39. The second-order valence-electron chi connectivity index (χ2n) is 6.99. The van der Waals surface area contributed by atoms with Crippen molar-refractivity contribution in [3.63, 3.8) is 0 Å². The van der Waals surface area contributed by atoms with Crippen LogP contribution in [0.3, 0.4) is 0 Å². The zero-order valence-corrected chi connectivity index (χ0v) is 14.2. The number of likely N-dealkylation sites (tertiary alicyclic amines) is 1. The first-order valence-corrected chi connectivity index (χ1v) is 8.84. The second-order valence-corrected chi connectivity index (χ2v) is 6.99. The van der Waals surface area contributed by atoms with E-state index in [9.17, 15) is 4.79 Å². The smallest absolute Gasteiger partial charge is 0.235 e. The minimum atomic E-state index is -0.269. The molecule has 1 saturated heterocycles. The molecule has 0 spiro atoms. The maximum absolute atomic E-state index is 13.6. The van der Waals surface area contributed by atoms with Crippen LogP contribution in [0.4, 0.5) is 0 Å². The summed E-state index contributed by atoms with van der Waals surface area (Å²) in [6, 6.07) is 16.4. The normalized spacial score (nSPS) is 23.2. The number of fused-ring (bicyclic) bond motifs is 2. The molecule has 2 aliphatic rings. The molecule has 1 amide bonds. The summed E-state index contributed by atoms with van der Waals surface area (Å²) in [6.07, 6.45) is 3.37. The number of rotatable bonds is 1. The number of nitrogens with zero attached hydrogens (tertiary/aromatic N) is 1. The summed E-state index contributed by atoms with van der Waals surface area (Å²) in [5, 5.41) is 0. The molecule has 4 rings (SSSR count). The summed E-state index contributed by atoms with van der Waals surface area (Å²) in [5.74, 6) is 1.53. The summed E-state index contributed by atoms with van der Waals surface area (Å²) in [5.41, 5.74) is 1.96. The molecule has 2 aromatic carbocycles. The van der Waals surface area contributed by atoms with Crippen molar-refractivity contribution in [1.82, 2.24) is 4.90 Å². The van der Waals surface area contributed by atoms with E-state index in [1.54, 1.807) is 0 Å². The Labute approximate surface area is 143 Å². The van der Waals surface area contributed by atoms with Gasteiger partial charge >= 0.3 is 0 Å². The van der Waals surface area contributed by atoms with Crippen LogP contribution in [0.15, 0.2) is 48.5 Å². The molecule has 24 heavy (non-hydrogen) atoms. The number of piperidine rings is 1. The van der Waals surface area contributed by atoms with Crippen molar-refractivity contribution in [2.45, 2.75) is 51.1 Å². The molecule has 0 N–H and O–H groups in total. The van der Waals surface area contributed by atoms with Gasteiger partial charge in [-0.05, 0) is 45.2 Å². The van der Waals surface area contributed by atoms with Crippen molar-refractivity contribution < 1.29 is 9.53 Å². The maximum atomic E-state index is 13.6. The molecule has 124 valence electrons. The zero-order chi connectivity index (χ0) is 16.7. The van der Waals surface area contributed by atoms with Crippen LogP contribution in [0.25, 0.3) is 0 Å². The van der Waals surface area contributed by atoms with E-state index < -0.39 is 0 Å². The zero-order valence-electron chi connectivity index (χ0n) is 14.2. The molecule has 0 saturated carbocycles. The fraction of sp³-hybridized carbons (Fsp3) is 0.381. The highest BCUT2D eigenvalue weighted by atomic mass is 16.5. The Balaban J connectivity index is 1.81. The predicted molar refractivity (Wildman–Crippen MR) is 94.4 cm³/mol. The van der Waals surface area contributed by atoms with Crippen LogP contribution >= 0.6 is 0 Å². The van der Waals surface area contributed by atoms with Crippen LogP contribution in [-0.2, 0) is 4.79 Å². The van der Waals surface area contributed by atoms with Gasteiger partial charge in [0.15, 0.2) is 0 Å². The highest BCUT2D eigenvalue weighted by Crippen LogP contribution is 2.45. The van der Waals surface area contributed by atoms with Crippen molar-refractivity contribution in [3.05, 3.63) is 59.7 Å². The average molecular weight is 321 g/mol. The fourth-order valence-corrected chi connectivity index (χ4v) is 4.18. The largest absolute Gasteiger partial charge is 0.457 e. The second kappa shape index (κ2) is 5.97. The molecule has 0 radical (unpaired) electrons. The molecule has 2 atom stereocenters. The lowest BCUT2D eigenvalue weighted by Gasteiger charge is -2.42. The molecular formula is C21H23NO2. The average Bonchev–Trinajstić information content (AvgIpc) is 2.59. The fourth-order valence-electron chi connectivity index (χ4n) is 4.18. The van der Waals surface area contributed by atoms with Crippen molar-refractivity contribution >= 4 is 5.91 Å². The SMILES string of the molecule is CC1CCCC(C)N1C(=O)C1c2ccccc2Oc2ccccc21. The molecule has 2 unspecified atom stereocenters. The Morgan fingerprint density at radius 1 is 0.917 bits per heavy atom. The third-order valence-electron chi connectivity index (χ3n) is 5.37. The summed E-state index contributed by atoms with van der Waals surface area (Å²) < 4.78 is 6.03. The Morgan fingerprint density at radius 2 is 1.42 bits per heavy atom. The number of hydrogen-bond donors (Lipinski definition) is 0. The van der Waals surface area contributed by atoms with Crippen LogP contribution in [0, 0.1) is 0 Å². The summed E-state index contributed by atoms with van der Waals surface area (Å²) in [7, 11) is 0. The molecule has 3 nitrogen and oxygen atoms in total. The predicted octanol–water partition coefficient (Wildman–Crippen LogP) is 4.71. The van der Waals surface area contributed by atoms with E-state index in [-0.39, 0.29) is 11.8 Å². The van der Waals surface area contributed by atoms with E-state index in [2.05, 4.69) is 18.7 Å². The van der Waals surface area contributed by atoms with Crippen molar-refractivity contribution in [1.29, 1.82) is 0 Å². The van der Waals surface area contributed by atoms with Crippen molar-refractivity contribution in [2.75, 3.05) is 0 Å². The quantitative estimate of drug-likeness (QED) is 0.761. The number of carbonyl (C=O) groups is 1. The van der Waals surface area contributed by atoms with Crippen molar-refractivity contribution in [3.8, 4) is 11.5 Å². The van der Waals surface area contributed by atoms with Crippen LogP contribution in [-0.4, -0.2) is 22.9 Å². The summed E-state index contributed by atoms with van der Waals surface area (Å²) in [6.45, 7) is 4.34. The maximum Gasteiger partial charge on any atom is 0.235 e. The molecule has 1 fully saturated rings. The third-order valence-corrected chi connectivity index (χ3v) is 5.37. The molecule has 2 aliphatic heterocycles. The van der Waals surface area contributed by atoms with Gasteiger partial charge in [0, 0.05) is 23.2 Å². The molecular weight excluding hydrogens is 298 g/mol. The summed E-state index contributed by atoms with van der Waals surface area (Å²) >= 11 is 0. The first-order valence-electron chi connectivity index (χ1n) is 8.84. The Bertz CT molecular complexity index is 714. The van der Waals surface area contributed by atoms with E-state index in [0.717, 1.165) is 35.5 Å². The van der Waals surface area contributed by atoms with Gasteiger partial charge in [0.25, 0.3) is 0 Å². The van der Waals surface area contributed by atoms with E-state index in [1.165, 1.54) is 6.42 Å². The molecule has 0 aromatic heterocycles. The number of hydrogen-bond acceptors (Lipinski definition) is 2. The van der Waals surface area contributed by atoms with Gasteiger partial charge in [-0.1, -0.05) is 36.4 Å². The molecule has 2 heterocycles. The van der Waals surface area contributed by atoms with Crippen LogP contribution in [0.5, 0.6) is 11.5 Å². The van der Waals surface area contributed by atoms with Crippen LogP contribution in [0.2, 0.25) is 0 Å². The highest BCUT2D eigenvalue weighted by Gasteiger charge is 2.39. The first-order chi connectivity index (χ1) is 11.7. The standard InChI is InChI=1S/C21H23NO2/c1-14-8-7-9-15(2)22(14)21(23)20-16-10-3-5-12-18(16)24-19-13-6-4-11-17(19)20/h3-6,10-15,20H,7-9H2,1-2H3. The lowest BCUT2D eigenvalue weighted by atomic mass is 9.85. The Kier molecular flexibility index (Phi) is 3.79. The highest BCUT2D eigenvalue weighted by molar-refractivity contribution is 5.90. The van der Waals surface area contributed by atoms with Crippen molar-refractivity contribution in [2.24, 2.45) is 0 Å². The van der Waals surface area contributed by atoms with Gasteiger partial charge in [-0.15, -0.1) is 0 Å². The summed E-state index contributed by atoms with van der Waals surface area (Å²) in [4.78, 5) is 15.7. The van der Waals surface area contributed by atoms with Gasteiger partial charge in [-0.2, -0.15) is 0 Å². The van der Waals surface area contributed by atoms with Crippen LogP contribution in [0.1, 0.15) is 50.2 Å². The molecule has 0 bridgehead atoms. The van der Waals surface area contributed by atoms with Gasteiger partial charge < -0.3 is 9.64 Å². The molecule has 0 aliphatic carbocycles. The number of amides is 1. The van der Waals surface area contributed by atoms with E-state index >= 15 is 0 Å². The number of ether oxygens (including phenoxy) is 1. The Morgan fingerprint density at radius 3 is 1.96 bits per heavy atom. The monoisotopic (exact) mass is 321 g/mol. The number of benzene rings is 2.